The van der Waals surface area contributed by atoms with Gasteiger partial charge in [-0.2, -0.15) is 0 Å². The molecule has 1 N–H and O–H groups in total. The molecule has 3 rings (SSSR count). The van der Waals surface area contributed by atoms with Crippen molar-refractivity contribution in [2.75, 3.05) is 42.9 Å². The van der Waals surface area contributed by atoms with Gasteiger partial charge in [0.05, 0.1) is 0 Å². The van der Waals surface area contributed by atoms with Crippen molar-refractivity contribution in [3.63, 3.8) is 0 Å². The lowest BCUT2D eigenvalue weighted by Crippen LogP contribution is -2.29. The second kappa shape index (κ2) is 9.07. The summed E-state index contributed by atoms with van der Waals surface area (Å²) in [4.78, 5) is 17.1. The highest BCUT2D eigenvalue weighted by Gasteiger charge is 2.12. The highest BCUT2D eigenvalue weighted by atomic mass is 16.1. The summed E-state index contributed by atoms with van der Waals surface area (Å²) in [6, 6.07) is 8.34. The van der Waals surface area contributed by atoms with Crippen LogP contribution in [0.2, 0.25) is 0 Å². The molecule has 0 aliphatic carbocycles. The van der Waals surface area contributed by atoms with Crippen molar-refractivity contribution in [1.82, 2.24) is 4.90 Å². The maximum atomic E-state index is 12.2. The van der Waals surface area contributed by atoms with Gasteiger partial charge >= 0.3 is 0 Å². The number of nitrogens with one attached hydrogen (secondary N) is 1. The minimum atomic E-state index is 0.130. The monoisotopic (exact) mass is 329 g/mol. The van der Waals surface area contributed by atoms with Crippen LogP contribution in [-0.4, -0.2) is 43.5 Å². The molecule has 1 aromatic carbocycles. The van der Waals surface area contributed by atoms with Gasteiger partial charge in [-0.15, -0.1) is 0 Å². The minimum Gasteiger partial charge on any atom is -0.372 e. The molecule has 1 amide bonds. The van der Waals surface area contributed by atoms with Crippen LogP contribution in [0.15, 0.2) is 24.3 Å². The molecule has 0 radical (unpaired) electrons. The van der Waals surface area contributed by atoms with Crippen LogP contribution in [0, 0.1) is 0 Å². The van der Waals surface area contributed by atoms with Crippen molar-refractivity contribution in [3.8, 4) is 0 Å². The lowest BCUT2D eigenvalue weighted by molar-refractivity contribution is -0.116. The molecule has 132 valence electrons. The normalized spacial score (nSPS) is 19.8. The molecule has 2 fully saturated rings. The van der Waals surface area contributed by atoms with Gasteiger partial charge in [0.25, 0.3) is 0 Å². The number of amides is 1. The Hall–Kier alpha value is -1.55. The van der Waals surface area contributed by atoms with Gasteiger partial charge in [0.2, 0.25) is 5.91 Å². The van der Waals surface area contributed by atoms with Crippen molar-refractivity contribution in [3.05, 3.63) is 24.3 Å². The summed E-state index contributed by atoms with van der Waals surface area (Å²) in [5, 5.41) is 3.04. The van der Waals surface area contributed by atoms with Crippen molar-refractivity contribution in [2.24, 2.45) is 0 Å². The molecule has 1 aromatic rings. The lowest BCUT2D eigenvalue weighted by atomic mass is 10.1. The SMILES string of the molecule is O=C(CCN1CCCCCC1)Nc1ccc(N2CCCCC2)cc1. The van der Waals surface area contributed by atoms with Gasteiger partial charge in [0.15, 0.2) is 0 Å². The third-order valence-electron chi connectivity index (χ3n) is 5.23. The van der Waals surface area contributed by atoms with Gasteiger partial charge in [-0.3, -0.25) is 4.79 Å². The molecular weight excluding hydrogens is 298 g/mol. The Morgan fingerprint density at radius 3 is 2.08 bits per heavy atom. The van der Waals surface area contributed by atoms with Gasteiger partial charge < -0.3 is 15.1 Å². The van der Waals surface area contributed by atoms with Gasteiger partial charge in [0, 0.05) is 37.4 Å². The molecule has 0 saturated carbocycles. The Morgan fingerprint density at radius 2 is 1.42 bits per heavy atom. The quantitative estimate of drug-likeness (QED) is 0.890. The summed E-state index contributed by atoms with van der Waals surface area (Å²) >= 11 is 0. The minimum absolute atomic E-state index is 0.130. The molecule has 24 heavy (non-hydrogen) atoms. The van der Waals surface area contributed by atoms with E-state index in [-0.39, 0.29) is 5.91 Å². The fourth-order valence-corrected chi connectivity index (χ4v) is 3.75. The Bertz CT molecular complexity index is 500. The van der Waals surface area contributed by atoms with Crippen LogP contribution < -0.4 is 10.2 Å². The largest absolute Gasteiger partial charge is 0.372 e. The zero-order valence-electron chi connectivity index (χ0n) is 14.8. The van der Waals surface area contributed by atoms with E-state index in [1.165, 1.54) is 50.6 Å². The highest BCUT2D eigenvalue weighted by Crippen LogP contribution is 2.22. The van der Waals surface area contributed by atoms with Crippen molar-refractivity contribution < 1.29 is 4.79 Å². The van der Waals surface area contributed by atoms with Crippen molar-refractivity contribution in [2.45, 2.75) is 51.4 Å². The molecular formula is C20H31N3O. The molecule has 0 bridgehead atoms. The first kappa shape index (κ1) is 17.3. The van der Waals surface area contributed by atoms with E-state index in [4.69, 9.17) is 0 Å². The maximum Gasteiger partial charge on any atom is 0.225 e. The third-order valence-corrected chi connectivity index (χ3v) is 5.23. The van der Waals surface area contributed by atoms with E-state index in [2.05, 4.69) is 27.2 Å². The first-order valence-corrected chi connectivity index (χ1v) is 9.68. The van der Waals surface area contributed by atoms with Crippen molar-refractivity contribution in [1.29, 1.82) is 0 Å². The zero-order valence-corrected chi connectivity index (χ0v) is 14.8. The van der Waals surface area contributed by atoms with Gasteiger partial charge in [0.1, 0.15) is 0 Å². The fourth-order valence-electron chi connectivity index (χ4n) is 3.75. The predicted molar refractivity (Wildman–Crippen MR) is 101 cm³/mol. The Labute approximate surface area is 146 Å². The molecule has 2 heterocycles. The van der Waals surface area contributed by atoms with Crippen LogP contribution in [0.5, 0.6) is 0 Å². The second-order valence-corrected chi connectivity index (χ2v) is 7.15. The number of hydrogen-bond donors (Lipinski definition) is 1. The van der Waals surface area contributed by atoms with E-state index in [1.807, 2.05) is 12.1 Å². The van der Waals surface area contributed by atoms with Gasteiger partial charge in [-0.05, 0) is 69.5 Å². The maximum absolute atomic E-state index is 12.2. The molecule has 0 spiro atoms. The highest BCUT2D eigenvalue weighted by molar-refractivity contribution is 5.91. The Balaban J connectivity index is 1.43. The summed E-state index contributed by atoms with van der Waals surface area (Å²) < 4.78 is 0. The van der Waals surface area contributed by atoms with E-state index < -0.39 is 0 Å². The van der Waals surface area contributed by atoms with Gasteiger partial charge in [-0.25, -0.2) is 0 Å². The van der Waals surface area contributed by atoms with Crippen LogP contribution in [0.3, 0.4) is 0 Å². The number of rotatable bonds is 5. The topological polar surface area (TPSA) is 35.6 Å². The van der Waals surface area contributed by atoms with Crippen LogP contribution in [0.1, 0.15) is 51.4 Å². The van der Waals surface area contributed by atoms with E-state index >= 15 is 0 Å². The molecule has 4 nitrogen and oxygen atoms in total. The van der Waals surface area contributed by atoms with Crippen LogP contribution in [-0.2, 0) is 4.79 Å². The third kappa shape index (κ3) is 5.23. The number of nitrogens with zero attached hydrogens (tertiary/aromatic N) is 2. The molecule has 2 aliphatic heterocycles. The molecule has 2 aliphatic rings. The fraction of sp³-hybridized carbons (Fsp3) is 0.650. The molecule has 2 saturated heterocycles. The molecule has 0 unspecified atom stereocenters. The van der Waals surface area contributed by atoms with Crippen LogP contribution >= 0.6 is 0 Å². The standard InChI is InChI=1S/C20H31N3O/c24-20(12-17-22-13-4-1-2-5-14-22)21-18-8-10-19(11-9-18)23-15-6-3-7-16-23/h8-11H,1-7,12-17H2,(H,21,24). The number of carbonyl (C=O) groups is 1. The summed E-state index contributed by atoms with van der Waals surface area (Å²) in [6.45, 7) is 5.50. The number of benzene rings is 1. The van der Waals surface area contributed by atoms with Gasteiger partial charge in [-0.1, -0.05) is 12.8 Å². The van der Waals surface area contributed by atoms with Crippen molar-refractivity contribution >= 4 is 17.3 Å². The number of piperidine rings is 1. The number of carbonyl (C=O) groups excluding carboxylic acids is 1. The van der Waals surface area contributed by atoms with E-state index in [0.717, 1.165) is 38.4 Å². The number of likely N-dealkylation sites (tertiary alicyclic amines) is 1. The number of anilines is 2. The lowest BCUT2D eigenvalue weighted by Gasteiger charge is -2.28. The van der Waals surface area contributed by atoms with E-state index in [9.17, 15) is 4.79 Å². The summed E-state index contributed by atoms with van der Waals surface area (Å²) in [5.74, 6) is 0.130. The Kier molecular flexibility index (Phi) is 6.53. The number of hydrogen-bond acceptors (Lipinski definition) is 3. The average molecular weight is 329 g/mol. The molecule has 4 heteroatoms. The van der Waals surface area contributed by atoms with E-state index in [0.29, 0.717) is 6.42 Å². The van der Waals surface area contributed by atoms with Crippen LogP contribution in [0.25, 0.3) is 0 Å². The average Bonchev–Trinajstić information content (AvgIpc) is 2.90. The van der Waals surface area contributed by atoms with E-state index in [1.54, 1.807) is 0 Å². The first-order valence-electron chi connectivity index (χ1n) is 9.68. The summed E-state index contributed by atoms with van der Waals surface area (Å²) in [5.41, 5.74) is 2.19. The molecule has 0 atom stereocenters. The predicted octanol–water partition coefficient (Wildman–Crippen LogP) is 3.88. The smallest absolute Gasteiger partial charge is 0.225 e. The second-order valence-electron chi connectivity index (χ2n) is 7.15. The first-order chi connectivity index (χ1) is 11.8. The molecule has 0 aromatic heterocycles. The van der Waals surface area contributed by atoms with Crippen LogP contribution in [0.4, 0.5) is 11.4 Å². The zero-order chi connectivity index (χ0) is 16.6. The summed E-state index contributed by atoms with van der Waals surface area (Å²) in [6.07, 6.45) is 9.75. The summed E-state index contributed by atoms with van der Waals surface area (Å²) in [7, 11) is 0. The Morgan fingerprint density at radius 1 is 0.833 bits per heavy atom.